The number of carbonyl (C=O) groups excluding carboxylic acids is 2. The Kier molecular flexibility index (Phi) is 5.08. The molecule has 2 heterocycles. The molecule has 1 fully saturated rings. The molecule has 3 aromatic rings. The first-order chi connectivity index (χ1) is 13.6. The Morgan fingerprint density at radius 2 is 1.96 bits per heavy atom. The first-order valence-electron chi connectivity index (χ1n) is 9.46. The monoisotopic (exact) mass is 377 g/mol. The number of hydrogen-bond acceptors (Lipinski definition) is 4. The highest BCUT2D eigenvalue weighted by Gasteiger charge is 2.23. The molecule has 2 unspecified atom stereocenters. The minimum absolute atomic E-state index is 0.117. The van der Waals surface area contributed by atoms with Crippen molar-refractivity contribution in [1.29, 1.82) is 0 Å². The predicted octanol–water partition coefficient (Wildman–Crippen LogP) is 2.54. The van der Waals surface area contributed by atoms with Gasteiger partial charge in [-0.05, 0) is 61.8 Å². The average molecular weight is 377 g/mol. The number of nitrogens with zero attached hydrogens (tertiary/aromatic N) is 1. The van der Waals surface area contributed by atoms with Gasteiger partial charge in [-0.2, -0.15) is 0 Å². The lowest BCUT2D eigenvalue weighted by Crippen LogP contribution is -2.48. The summed E-state index contributed by atoms with van der Waals surface area (Å²) in [5.41, 5.74) is 3.25. The standard InChI is InChI=1S/C21H23N5O2/c1-13-11-22-8-7-17(13)26-21(28)14-3-2-4-16(9-14)25-20(27)15-5-6-18-19(10-15)24-12-23-18/h2-6,9-10,12-13,17,22H,7-8,11H2,1H3,(H,23,24)(H,25,27)(H,26,28). The third-order valence-corrected chi connectivity index (χ3v) is 5.17. The number of H-pyrrole nitrogens is 1. The van der Waals surface area contributed by atoms with Gasteiger partial charge in [-0.15, -0.1) is 0 Å². The number of benzene rings is 2. The highest BCUT2D eigenvalue weighted by molar-refractivity contribution is 6.06. The fourth-order valence-electron chi connectivity index (χ4n) is 3.50. The zero-order valence-electron chi connectivity index (χ0n) is 15.7. The molecule has 4 rings (SSSR count). The summed E-state index contributed by atoms with van der Waals surface area (Å²) in [5, 5.41) is 9.30. The normalized spacial score (nSPS) is 19.3. The highest BCUT2D eigenvalue weighted by Crippen LogP contribution is 2.17. The van der Waals surface area contributed by atoms with Crippen LogP contribution in [0.3, 0.4) is 0 Å². The Bertz CT molecular complexity index is 1010. The van der Waals surface area contributed by atoms with Crippen LogP contribution in [0.15, 0.2) is 48.8 Å². The fraction of sp³-hybridized carbons (Fsp3) is 0.286. The summed E-state index contributed by atoms with van der Waals surface area (Å²) in [7, 11) is 0. The summed E-state index contributed by atoms with van der Waals surface area (Å²) in [6.07, 6.45) is 2.51. The molecule has 0 bridgehead atoms. The van der Waals surface area contributed by atoms with E-state index in [1.807, 2.05) is 0 Å². The van der Waals surface area contributed by atoms with Gasteiger partial charge in [0, 0.05) is 22.9 Å². The molecule has 28 heavy (non-hydrogen) atoms. The summed E-state index contributed by atoms with van der Waals surface area (Å²) in [6, 6.07) is 12.4. The van der Waals surface area contributed by atoms with Crippen LogP contribution in [0.25, 0.3) is 11.0 Å². The van der Waals surface area contributed by atoms with Crippen LogP contribution in [-0.2, 0) is 0 Å². The molecule has 2 atom stereocenters. The van der Waals surface area contributed by atoms with E-state index >= 15 is 0 Å². The third-order valence-electron chi connectivity index (χ3n) is 5.17. The molecule has 0 aliphatic carbocycles. The van der Waals surface area contributed by atoms with Crippen LogP contribution in [0.2, 0.25) is 0 Å². The maximum absolute atomic E-state index is 12.6. The van der Waals surface area contributed by atoms with Crippen molar-refractivity contribution in [3.8, 4) is 0 Å². The van der Waals surface area contributed by atoms with E-state index in [0.29, 0.717) is 22.7 Å². The van der Waals surface area contributed by atoms with E-state index in [-0.39, 0.29) is 17.9 Å². The number of amides is 2. The quantitative estimate of drug-likeness (QED) is 0.561. The van der Waals surface area contributed by atoms with E-state index in [4.69, 9.17) is 0 Å². The molecule has 2 aromatic carbocycles. The van der Waals surface area contributed by atoms with Crippen LogP contribution in [0.4, 0.5) is 5.69 Å². The van der Waals surface area contributed by atoms with Crippen LogP contribution in [0, 0.1) is 5.92 Å². The Balaban J connectivity index is 1.45. The van der Waals surface area contributed by atoms with Crippen molar-refractivity contribution < 1.29 is 9.59 Å². The number of fused-ring (bicyclic) bond motifs is 1. The van der Waals surface area contributed by atoms with Crippen molar-refractivity contribution in [2.24, 2.45) is 5.92 Å². The van der Waals surface area contributed by atoms with Crippen molar-refractivity contribution in [3.05, 3.63) is 59.9 Å². The lowest BCUT2D eigenvalue weighted by Gasteiger charge is -2.30. The van der Waals surface area contributed by atoms with Crippen LogP contribution in [0.5, 0.6) is 0 Å². The second-order valence-corrected chi connectivity index (χ2v) is 7.22. The van der Waals surface area contributed by atoms with Gasteiger partial charge in [0.1, 0.15) is 0 Å². The number of imidazole rings is 1. The molecule has 7 heteroatoms. The van der Waals surface area contributed by atoms with Crippen molar-refractivity contribution in [3.63, 3.8) is 0 Å². The maximum atomic E-state index is 12.6. The number of aromatic amines is 1. The second kappa shape index (κ2) is 7.82. The summed E-state index contributed by atoms with van der Waals surface area (Å²) in [4.78, 5) is 32.3. The highest BCUT2D eigenvalue weighted by atomic mass is 16.2. The molecule has 1 saturated heterocycles. The van der Waals surface area contributed by atoms with E-state index in [1.54, 1.807) is 48.8 Å². The molecule has 2 amide bonds. The Morgan fingerprint density at radius 1 is 1.11 bits per heavy atom. The molecule has 1 aliphatic rings. The molecule has 0 spiro atoms. The number of hydrogen-bond donors (Lipinski definition) is 4. The Morgan fingerprint density at radius 3 is 2.82 bits per heavy atom. The summed E-state index contributed by atoms with van der Waals surface area (Å²) in [5.74, 6) is 0.0350. The van der Waals surface area contributed by atoms with Gasteiger partial charge in [-0.25, -0.2) is 4.98 Å². The van der Waals surface area contributed by atoms with Gasteiger partial charge in [0.2, 0.25) is 0 Å². The summed E-state index contributed by atoms with van der Waals surface area (Å²) in [6.45, 7) is 3.94. The first-order valence-corrected chi connectivity index (χ1v) is 9.46. The van der Waals surface area contributed by atoms with Crippen molar-refractivity contribution in [1.82, 2.24) is 20.6 Å². The topological polar surface area (TPSA) is 98.9 Å². The molecule has 1 aromatic heterocycles. The summed E-state index contributed by atoms with van der Waals surface area (Å²) < 4.78 is 0. The zero-order valence-corrected chi connectivity index (χ0v) is 15.7. The van der Waals surface area contributed by atoms with Crippen LogP contribution in [0.1, 0.15) is 34.1 Å². The average Bonchev–Trinajstić information content (AvgIpc) is 3.17. The molecular weight excluding hydrogens is 354 g/mol. The second-order valence-electron chi connectivity index (χ2n) is 7.22. The minimum atomic E-state index is -0.235. The SMILES string of the molecule is CC1CNCCC1NC(=O)c1cccc(NC(=O)c2ccc3nc[nH]c3c2)c1. The Hall–Kier alpha value is -3.19. The molecule has 1 aliphatic heterocycles. The lowest BCUT2D eigenvalue weighted by molar-refractivity contribution is 0.0913. The van der Waals surface area contributed by atoms with Crippen molar-refractivity contribution >= 4 is 28.5 Å². The largest absolute Gasteiger partial charge is 0.349 e. The molecule has 0 saturated carbocycles. The van der Waals surface area contributed by atoms with Gasteiger partial charge in [0.25, 0.3) is 11.8 Å². The summed E-state index contributed by atoms with van der Waals surface area (Å²) >= 11 is 0. The zero-order chi connectivity index (χ0) is 19.5. The van der Waals surface area contributed by atoms with E-state index in [9.17, 15) is 9.59 Å². The molecule has 144 valence electrons. The first kappa shape index (κ1) is 18.2. The Labute approximate surface area is 162 Å². The van der Waals surface area contributed by atoms with Crippen molar-refractivity contribution in [2.45, 2.75) is 19.4 Å². The molecule has 4 N–H and O–H groups in total. The van der Waals surface area contributed by atoms with Crippen LogP contribution < -0.4 is 16.0 Å². The molecular formula is C21H23N5O2. The maximum Gasteiger partial charge on any atom is 0.255 e. The number of anilines is 1. The van der Waals surface area contributed by atoms with Gasteiger partial charge in [-0.1, -0.05) is 13.0 Å². The number of piperidine rings is 1. The minimum Gasteiger partial charge on any atom is -0.349 e. The van der Waals surface area contributed by atoms with E-state index < -0.39 is 0 Å². The van der Waals surface area contributed by atoms with Gasteiger partial charge in [-0.3, -0.25) is 9.59 Å². The number of aromatic nitrogens is 2. The lowest BCUT2D eigenvalue weighted by atomic mass is 9.95. The molecule has 0 radical (unpaired) electrons. The van der Waals surface area contributed by atoms with E-state index in [0.717, 1.165) is 30.5 Å². The third kappa shape index (κ3) is 3.89. The number of nitrogens with one attached hydrogen (secondary N) is 4. The van der Waals surface area contributed by atoms with E-state index in [1.165, 1.54) is 0 Å². The van der Waals surface area contributed by atoms with Gasteiger partial charge >= 0.3 is 0 Å². The number of carbonyl (C=O) groups is 2. The fourth-order valence-corrected chi connectivity index (χ4v) is 3.50. The van der Waals surface area contributed by atoms with Gasteiger partial charge in [0.15, 0.2) is 0 Å². The van der Waals surface area contributed by atoms with Gasteiger partial charge in [0.05, 0.1) is 17.4 Å². The van der Waals surface area contributed by atoms with Crippen LogP contribution in [-0.4, -0.2) is 40.9 Å². The van der Waals surface area contributed by atoms with Crippen molar-refractivity contribution in [2.75, 3.05) is 18.4 Å². The number of rotatable bonds is 4. The van der Waals surface area contributed by atoms with E-state index in [2.05, 4.69) is 32.8 Å². The van der Waals surface area contributed by atoms with Crippen LogP contribution >= 0.6 is 0 Å². The predicted molar refractivity (Wildman–Crippen MR) is 108 cm³/mol. The smallest absolute Gasteiger partial charge is 0.255 e. The van der Waals surface area contributed by atoms with Gasteiger partial charge < -0.3 is 20.9 Å². The molecule has 7 nitrogen and oxygen atoms in total.